The Bertz CT molecular complexity index is 365. The largest absolute Gasteiger partial charge is 0.504 e. The van der Waals surface area contributed by atoms with Crippen LogP contribution in [-0.2, 0) is 0 Å². The van der Waals surface area contributed by atoms with Crippen molar-refractivity contribution in [2.45, 2.75) is 25.7 Å². The van der Waals surface area contributed by atoms with Gasteiger partial charge in [0.25, 0.3) is 0 Å². The third-order valence-corrected chi connectivity index (χ3v) is 3.42. The zero-order valence-electron chi connectivity index (χ0n) is 9.69. The number of hydrogen-bond acceptors (Lipinski definition) is 3. The second kappa shape index (κ2) is 4.74. The Hall–Kier alpha value is -1.22. The number of likely N-dealkylation sites (tertiary alicyclic amines) is 1. The Morgan fingerprint density at radius 2 is 2.12 bits per heavy atom. The van der Waals surface area contributed by atoms with E-state index in [2.05, 4.69) is 11.8 Å². The van der Waals surface area contributed by atoms with E-state index >= 15 is 0 Å². The van der Waals surface area contributed by atoms with Crippen LogP contribution in [0.25, 0.3) is 0 Å². The van der Waals surface area contributed by atoms with E-state index in [4.69, 9.17) is 0 Å². The van der Waals surface area contributed by atoms with E-state index in [9.17, 15) is 10.2 Å². The van der Waals surface area contributed by atoms with Crippen molar-refractivity contribution in [1.29, 1.82) is 0 Å². The molecule has 1 saturated heterocycles. The number of hydrogen-bond donors (Lipinski definition) is 2. The highest BCUT2D eigenvalue weighted by atomic mass is 16.3. The predicted molar refractivity (Wildman–Crippen MR) is 63.9 cm³/mol. The number of likely N-dealkylation sites (N-methyl/N-ethyl adjacent to an activating group) is 1. The van der Waals surface area contributed by atoms with Crippen molar-refractivity contribution >= 4 is 0 Å². The molecule has 2 N–H and O–H groups in total. The molecule has 1 fully saturated rings. The fraction of sp³-hybridized carbons (Fsp3) is 0.538. The normalized spacial score (nSPS) is 22.2. The number of aromatic hydroxyl groups is 2. The molecule has 1 aromatic carbocycles. The van der Waals surface area contributed by atoms with Crippen molar-refractivity contribution in [2.75, 3.05) is 19.6 Å². The van der Waals surface area contributed by atoms with Crippen LogP contribution in [-0.4, -0.2) is 34.7 Å². The van der Waals surface area contributed by atoms with Crippen LogP contribution in [0.15, 0.2) is 18.2 Å². The average molecular weight is 221 g/mol. The van der Waals surface area contributed by atoms with E-state index in [0.29, 0.717) is 5.92 Å². The van der Waals surface area contributed by atoms with Crippen molar-refractivity contribution in [3.63, 3.8) is 0 Å². The van der Waals surface area contributed by atoms with Gasteiger partial charge < -0.3 is 15.1 Å². The number of piperidine rings is 1. The van der Waals surface area contributed by atoms with E-state index in [1.807, 2.05) is 6.07 Å². The standard InChI is InChI=1S/C13H19NO2/c1-2-14-7-3-4-11(9-14)10-5-6-12(15)13(16)8-10/h5-6,8,11,15-16H,2-4,7,9H2,1H3. The average Bonchev–Trinajstić information content (AvgIpc) is 2.33. The van der Waals surface area contributed by atoms with E-state index in [0.717, 1.165) is 18.7 Å². The van der Waals surface area contributed by atoms with Gasteiger partial charge in [0.05, 0.1) is 0 Å². The third kappa shape index (κ3) is 2.30. The first-order valence-corrected chi connectivity index (χ1v) is 5.95. The molecule has 0 spiro atoms. The van der Waals surface area contributed by atoms with Crippen LogP contribution in [0.4, 0.5) is 0 Å². The summed E-state index contributed by atoms with van der Waals surface area (Å²) in [5.41, 5.74) is 1.13. The van der Waals surface area contributed by atoms with Crippen molar-refractivity contribution < 1.29 is 10.2 Å². The lowest BCUT2D eigenvalue weighted by atomic mass is 9.90. The smallest absolute Gasteiger partial charge is 0.157 e. The summed E-state index contributed by atoms with van der Waals surface area (Å²) < 4.78 is 0. The molecule has 1 unspecified atom stereocenters. The van der Waals surface area contributed by atoms with Gasteiger partial charge in [0.15, 0.2) is 11.5 Å². The van der Waals surface area contributed by atoms with Crippen molar-refractivity contribution in [2.24, 2.45) is 0 Å². The lowest BCUT2D eigenvalue weighted by Gasteiger charge is -2.32. The highest BCUT2D eigenvalue weighted by molar-refractivity contribution is 5.41. The minimum atomic E-state index is -0.0353. The van der Waals surface area contributed by atoms with Crippen LogP contribution < -0.4 is 0 Å². The topological polar surface area (TPSA) is 43.7 Å². The lowest BCUT2D eigenvalue weighted by molar-refractivity contribution is 0.217. The molecule has 16 heavy (non-hydrogen) atoms. The summed E-state index contributed by atoms with van der Waals surface area (Å²) in [7, 11) is 0. The van der Waals surface area contributed by atoms with Gasteiger partial charge in [-0.05, 0) is 49.5 Å². The van der Waals surface area contributed by atoms with Crippen LogP contribution in [0.3, 0.4) is 0 Å². The van der Waals surface area contributed by atoms with E-state index < -0.39 is 0 Å². The molecule has 1 aliphatic heterocycles. The van der Waals surface area contributed by atoms with Crippen LogP contribution in [0.1, 0.15) is 31.2 Å². The molecule has 3 heteroatoms. The van der Waals surface area contributed by atoms with Crippen LogP contribution in [0, 0.1) is 0 Å². The van der Waals surface area contributed by atoms with Crippen LogP contribution >= 0.6 is 0 Å². The molecule has 1 atom stereocenters. The van der Waals surface area contributed by atoms with Crippen molar-refractivity contribution in [1.82, 2.24) is 4.90 Å². The molecule has 1 aliphatic rings. The van der Waals surface area contributed by atoms with Gasteiger partial charge in [-0.15, -0.1) is 0 Å². The van der Waals surface area contributed by atoms with Crippen LogP contribution in [0.5, 0.6) is 11.5 Å². The Morgan fingerprint density at radius 3 is 2.81 bits per heavy atom. The SMILES string of the molecule is CCN1CCCC(c2ccc(O)c(O)c2)C1. The predicted octanol–water partition coefficient (Wildman–Crippen LogP) is 2.30. The summed E-state index contributed by atoms with van der Waals surface area (Å²) in [6, 6.07) is 5.19. The molecular formula is C13H19NO2. The van der Waals surface area contributed by atoms with Gasteiger partial charge in [0.2, 0.25) is 0 Å². The zero-order chi connectivity index (χ0) is 11.5. The summed E-state index contributed by atoms with van der Waals surface area (Å²) in [4.78, 5) is 2.43. The number of phenols is 2. The molecule has 0 saturated carbocycles. The van der Waals surface area contributed by atoms with Gasteiger partial charge in [0, 0.05) is 6.54 Å². The summed E-state index contributed by atoms with van der Waals surface area (Å²) in [5, 5.41) is 18.8. The molecule has 0 amide bonds. The Morgan fingerprint density at radius 1 is 1.31 bits per heavy atom. The Balaban J connectivity index is 2.13. The van der Waals surface area contributed by atoms with Gasteiger partial charge in [-0.2, -0.15) is 0 Å². The Labute approximate surface area is 96.3 Å². The van der Waals surface area contributed by atoms with E-state index in [-0.39, 0.29) is 11.5 Å². The third-order valence-electron chi connectivity index (χ3n) is 3.42. The van der Waals surface area contributed by atoms with Gasteiger partial charge in [0.1, 0.15) is 0 Å². The maximum absolute atomic E-state index is 9.49. The van der Waals surface area contributed by atoms with Crippen molar-refractivity contribution in [3.05, 3.63) is 23.8 Å². The molecule has 1 heterocycles. The summed E-state index contributed by atoms with van der Waals surface area (Å²) in [6.45, 7) is 5.50. The first kappa shape index (κ1) is 11.3. The number of phenolic OH excluding ortho intramolecular Hbond substituents is 2. The van der Waals surface area contributed by atoms with Gasteiger partial charge in [-0.3, -0.25) is 0 Å². The summed E-state index contributed by atoms with van der Waals surface area (Å²) >= 11 is 0. The first-order valence-electron chi connectivity index (χ1n) is 5.95. The first-order chi connectivity index (χ1) is 7.70. The monoisotopic (exact) mass is 221 g/mol. The zero-order valence-corrected chi connectivity index (χ0v) is 9.69. The molecular weight excluding hydrogens is 202 g/mol. The fourth-order valence-corrected chi connectivity index (χ4v) is 2.41. The van der Waals surface area contributed by atoms with Gasteiger partial charge in [-0.1, -0.05) is 13.0 Å². The van der Waals surface area contributed by atoms with Crippen molar-refractivity contribution in [3.8, 4) is 11.5 Å². The second-order valence-electron chi connectivity index (χ2n) is 4.48. The van der Waals surface area contributed by atoms with Crippen LogP contribution in [0.2, 0.25) is 0 Å². The minimum absolute atomic E-state index is 0.00822. The highest BCUT2D eigenvalue weighted by Gasteiger charge is 2.20. The maximum Gasteiger partial charge on any atom is 0.157 e. The molecule has 3 nitrogen and oxygen atoms in total. The summed E-state index contributed by atoms with van der Waals surface area (Å²) in [5.74, 6) is 0.443. The molecule has 0 radical (unpaired) electrons. The Kier molecular flexibility index (Phi) is 3.34. The lowest BCUT2D eigenvalue weighted by Crippen LogP contribution is -2.34. The molecule has 88 valence electrons. The van der Waals surface area contributed by atoms with E-state index in [1.165, 1.54) is 19.4 Å². The quantitative estimate of drug-likeness (QED) is 0.753. The molecule has 0 aromatic heterocycles. The molecule has 0 bridgehead atoms. The molecule has 1 aromatic rings. The molecule has 0 aliphatic carbocycles. The second-order valence-corrected chi connectivity index (χ2v) is 4.48. The van der Waals surface area contributed by atoms with Gasteiger partial charge >= 0.3 is 0 Å². The molecule has 2 rings (SSSR count). The highest BCUT2D eigenvalue weighted by Crippen LogP contribution is 2.32. The minimum Gasteiger partial charge on any atom is -0.504 e. The maximum atomic E-state index is 9.49. The number of rotatable bonds is 2. The summed E-state index contributed by atoms with van der Waals surface area (Å²) in [6.07, 6.45) is 2.38. The number of benzene rings is 1. The van der Waals surface area contributed by atoms with E-state index in [1.54, 1.807) is 12.1 Å². The number of nitrogens with zero attached hydrogens (tertiary/aromatic N) is 1. The fourth-order valence-electron chi connectivity index (χ4n) is 2.41. The van der Waals surface area contributed by atoms with Gasteiger partial charge in [-0.25, -0.2) is 0 Å².